The highest BCUT2D eigenvalue weighted by atomic mass is 28.3. The molecule has 2 aromatic rings. The first-order valence-electron chi connectivity index (χ1n) is 10.0. The lowest BCUT2D eigenvalue weighted by Crippen LogP contribution is -2.41. The summed E-state index contributed by atoms with van der Waals surface area (Å²) in [5.41, 5.74) is 0.954. The third kappa shape index (κ3) is 5.14. The van der Waals surface area contributed by atoms with Gasteiger partial charge in [-0.05, 0) is 58.0 Å². The molecule has 158 valence electrons. The van der Waals surface area contributed by atoms with E-state index >= 15 is 0 Å². The van der Waals surface area contributed by atoms with E-state index in [0.29, 0.717) is 17.9 Å². The second kappa shape index (κ2) is 7.94. The molecule has 6 nitrogen and oxygen atoms in total. The number of hydrogen-bond donors (Lipinski definition) is 0. The maximum atomic E-state index is 13.4. The Morgan fingerprint density at radius 2 is 1.62 bits per heavy atom. The number of halogens is 1. The van der Waals surface area contributed by atoms with Crippen LogP contribution >= 0.6 is 0 Å². The van der Waals surface area contributed by atoms with Gasteiger partial charge in [0.25, 0.3) is 0 Å². The smallest absolute Gasteiger partial charge is 0.398 e. The largest absolute Gasteiger partial charge is 0.518 e. The van der Waals surface area contributed by atoms with Gasteiger partial charge >= 0.3 is 7.12 Å². The van der Waals surface area contributed by atoms with Crippen molar-refractivity contribution in [2.75, 3.05) is 6.61 Å². The van der Waals surface area contributed by atoms with Gasteiger partial charge in [-0.3, -0.25) is 0 Å². The van der Waals surface area contributed by atoms with Crippen LogP contribution in [0.5, 0.6) is 0 Å². The lowest BCUT2D eigenvalue weighted by Gasteiger charge is -2.32. The first-order valence-corrected chi connectivity index (χ1v) is 13.7. The maximum Gasteiger partial charge on any atom is 0.518 e. The number of aromatic nitrogens is 3. The molecular weight excluding hydrogens is 388 g/mol. The molecule has 1 fully saturated rings. The average molecular weight is 419 g/mol. The van der Waals surface area contributed by atoms with E-state index in [9.17, 15) is 4.39 Å². The molecular formula is C20H31BFN3O3Si. The number of rotatable bonds is 7. The van der Waals surface area contributed by atoms with Crippen molar-refractivity contribution in [3.05, 3.63) is 30.1 Å². The SMILES string of the molecule is CC1(C)OB(c2nn(COCC[Si](C)(C)C)nc2-c2ccc(F)cc2)OC1(C)C. The Bertz CT molecular complexity index is 834. The summed E-state index contributed by atoms with van der Waals surface area (Å²) in [5, 5.41) is 9.20. The zero-order valence-corrected chi connectivity index (χ0v) is 19.5. The van der Waals surface area contributed by atoms with Gasteiger partial charge in [0.15, 0.2) is 6.73 Å². The van der Waals surface area contributed by atoms with Gasteiger partial charge in [-0.1, -0.05) is 19.6 Å². The molecule has 1 aliphatic heterocycles. The van der Waals surface area contributed by atoms with Crippen LogP contribution in [0.1, 0.15) is 27.7 Å². The lowest BCUT2D eigenvalue weighted by molar-refractivity contribution is 0.00578. The number of ether oxygens (including phenoxy) is 1. The van der Waals surface area contributed by atoms with Gasteiger partial charge in [0.1, 0.15) is 17.1 Å². The van der Waals surface area contributed by atoms with Gasteiger partial charge in [-0.25, -0.2) is 4.39 Å². The van der Waals surface area contributed by atoms with E-state index in [1.807, 2.05) is 27.7 Å². The van der Waals surface area contributed by atoms with E-state index in [2.05, 4.69) is 29.8 Å². The molecule has 0 aliphatic carbocycles. The Labute approximate surface area is 173 Å². The Hall–Kier alpha value is -1.55. The molecule has 9 heteroatoms. The van der Waals surface area contributed by atoms with E-state index < -0.39 is 26.4 Å². The van der Waals surface area contributed by atoms with Crippen molar-refractivity contribution in [1.29, 1.82) is 0 Å². The van der Waals surface area contributed by atoms with Crippen molar-refractivity contribution < 1.29 is 18.4 Å². The van der Waals surface area contributed by atoms with Gasteiger partial charge in [0, 0.05) is 20.2 Å². The Kier molecular flexibility index (Phi) is 6.06. The molecule has 1 aromatic heterocycles. The summed E-state index contributed by atoms with van der Waals surface area (Å²) in [6.07, 6.45) is 0. The molecule has 0 atom stereocenters. The highest BCUT2D eigenvalue weighted by Crippen LogP contribution is 2.37. The fourth-order valence-corrected chi connectivity index (χ4v) is 3.63. The van der Waals surface area contributed by atoms with E-state index in [1.54, 1.807) is 12.1 Å². The van der Waals surface area contributed by atoms with Crippen molar-refractivity contribution in [3.63, 3.8) is 0 Å². The molecule has 2 heterocycles. The van der Waals surface area contributed by atoms with Crippen LogP contribution < -0.4 is 5.59 Å². The molecule has 1 aromatic carbocycles. The van der Waals surface area contributed by atoms with Gasteiger partial charge < -0.3 is 14.0 Å². The number of nitrogens with zero attached hydrogens (tertiary/aromatic N) is 3. The predicted molar refractivity (Wildman–Crippen MR) is 115 cm³/mol. The maximum absolute atomic E-state index is 13.4. The number of benzene rings is 1. The zero-order valence-electron chi connectivity index (χ0n) is 18.5. The van der Waals surface area contributed by atoms with Crippen molar-refractivity contribution in [1.82, 2.24) is 15.0 Å². The summed E-state index contributed by atoms with van der Waals surface area (Å²) in [5.74, 6) is -0.298. The van der Waals surface area contributed by atoms with Crippen LogP contribution in [0.25, 0.3) is 11.3 Å². The zero-order chi connectivity index (χ0) is 21.4. The first kappa shape index (κ1) is 22.1. The van der Waals surface area contributed by atoms with Crippen LogP contribution in [0.15, 0.2) is 24.3 Å². The fourth-order valence-electron chi connectivity index (χ4n) is 2.87. The summed E-state index contributed by atoms with van der Waals surface area (Å²) in [6, 6.07) is 7.26. The van der Waals surface area contributed by atoms with E-state index in [-0.39, 0.29) is 12.5 Å². The van der Waals surface area contributed by atoms with Gasteiger partial charge in [-0.2, -0.15) is 15.0 Å². The molecule has 0 unspecified atom stereocenters. The van der Waals surface area contributed by atoms with Crippen molar-refractivity contribution in [3.8, 4) is 11.3 Å². The highest BCUT2D eigenvalue weighted by molar-refractivity contribution is 6.76. The van der Waals surface area contributed by atoms with Crippen LogP contribution in [0.4, 0.5) is 4.39 Å². The van der Waals surface area contributed by atoms with Crippen LogP contribution in [0.2, 0.25) is 25.7 Å². The number of hydrogen-bond acceptors (Lipinski definition) is 5. The molecule has 1 aliphatic rings. The van der Waals surface area contributed by atoms with E-state index in [4.69, 9.17) is 14.0 Å². The van der Waals surface area contributed by atoms with Gasteiger partial charge in [-0.15, -0.1) is 0 Å². The summed E-state index contributed by atoms with van der Waals surface area (Å²) in [4.78, 5) is 1.52. The van der Waals surface area contributed by atoms with Crippen LogP contribution in [0, 0.1) is 5.82 Å². The van der Waals surface area contributed by atoms with Crippen molar-refractivity contribution in [2.45, 2.75) is 71.3 Å². The third-order valence-electron chi connectivity index (χ3n) is 5.48. The Morgan fingerprint density at radius 1 is 1.03 bits per heavy atom. The Balaban J connectivity index is 1.85. The molecule has 0 N–H and O–H groups in total. The molecule has 0 bridgehead atoms. The monoisotopic (exact) mass is 419 g/mol. The summed E-state index contributed by atoms with van der Waals surface area (Å²) in [6.45, 7) is 15.8. The topological polar surface area (TPSA) is 58.4 Å². The second-order valence-corrected chi connectivity index (χ2v) is 15.4. The lowest BCUT2D eigenvalue weighted by atomic mass is 9.82. The summed E-state index contributed by atoms with van der Waals surface area (Å²) < 4.78 is 31.5. The molecule has 0 amide bonds. The van der Waals surface area contributed by atoms with Crippen LogP contribution in [-0.4, -0.2) is 48.0 Å². The fraction of sp³-hybridized carbons (Fsp3) is 0.600. The quantitative estimate of drug-likeness (QED) is 0.506. The standard InChI is InChI=1S/C20H31BFN3O3Si/c1-19(2)20(3,4)28-21(27-19)18-17(15-8-10-16(22)11-9-15)23-25(24-18)14-26-12-13-29(5,6)7/h8-11H,12-14H2,1-7H3. The Morgan fingerprint density at radius 3 is 2.17 bits per heavy atom. The molecule has 29 heavy (non-hydrogen) atoms. The van der Waals surface area contributed by atoms with E-state index in [0.717, 1.165) is 11.6 Å². The minimum absolute atomic E-state index is 0.248. The second-order valence-electron chi connectivity index (χ2n) is 9.75. The molecule has 0 spiro atoms. The van der Waals surface area contributed by atoms with Crippen molar-refractivity contribution >= 4 is 20.8 Å². The molecule has 3 rings (SSSR count). The predicted octanol–water partition coefficient (Wildman–Crippen LogP) is 3.70. The average Bonchev–Trinajstić information content (AvgIpc) is 3.10. The van der Waals surface area contributed by atoms with E-state index in [1.165, 1.54) is 16.9 Å². The summed E-state index contributed by atoms with van der Waals surface area (Å²) >= 11 is 0. The van der Waals surface area contributed by atoms with Crippen LogP contribution in [0.3, 0.4) is 0 Å². The molecule has 0 radical (unpaired) electrons. The summed E-state index contributed by atoms with van der Waals surface area (Å²) in [7, 11) is -1.82. The normalized spacial score (nSPS) is 18.4. The molecule has 1 saturated heterocycles. The van der Waals surface area contributed by atoms with Crippen LogP contribution in [-0.2, 0) is 20.8 Å². The molecule has 0 saturated carbocycles. The minimum atomic E-state index is -1.16. The third-order valence-corrected chi connectivity index (χ3v) is 7.18. The highest BCUT2D eigenvalue weighted by Gasteiger charge is 2.53. The minimum Gasteiger partial charge on any atom is -0.398 e. The first-order chi connectivity index (χ1) is 13.4. The van der Waals surface area contributed by atoms with Crippen molar-refractivity contribution in [2.24, 2.45) is 0 Å². The van der Waals surface area contributed by atoms with Gasteiger partial charge in [0.2, 0.25) is 0 Å². The van der Waals surface area contributed by atoms with Gasteiger partial charge in [0.05, 0.1) is 11.2 Å².